The number of carbonyl (C=O) groups excluding carboxylic acids is 1. The normalized spacial score (nSPS) is 12.4. The molecule has 1 unspecified atom stereocenters. The van der Waals surface area contributed by atoms with Gasteiger partial charge in [-0.3, -0.25) is 4.79 Å². The van der Waals surface area contributed by atoms with Crippen molar-refractivity contribution < 1.29 is 9.53 Å². The first-order chi connectivity index (χ1) is 8.13. The minimum absolute atomic E-state index is 0.324. The molecule has 0 saturated carbocycles. The number of hydrogen-bond donors (Lipinski definition) is 1. The topological polar surface area (TPSA) is 52.3 Å². The van der Waals surface area contributed by atoms with Gasteiger partial charge in [0.05, 0.1) is 13.0 Å². The van der Waals surface area contributed by atoms with Gasteiger partial charge in [0.2, 0.25) is 5.91 Å². The Bertz CT molecular complexity index is 563. The molecule has 88 valence electrons. The summed E-state index contributed by atoms with van der Waals surface area (Å²) in [6.07, 6.45) is 0. The maximum absolute atomic E-state index is 11.3. The molecule has 0 fully saturated rings. The number of ether oxygens (including phenoxy) is 1. The van der Waals surface area contributed by atoms with Gasteiger partial charge in [0.1, 0.15) is 5.75 Å². The Morgan fingerprint density at radius 1 is 1.29 bits per heavy atom. The zero-order valence-corrected chi connectivity index (χ0v) is 9.94. The molecule has 2 aromatic rings. The van der Waals surface area contributed by atoms with E-state index < -0.39 is 0 Å². The smallest absolute Gasteiger partial charge is 0.224 e. The average Bonchev–Trinajstić information content (AvgIpc) is 2.36. The lowest BCUT2D eigenvalue weighted by Gasteiger charge is -2.13. The minimum atomic E-state index is -0.330. The van der Waals surface area contributed by atoms with Crippen molar-refractivity contribution in [2.24, 2.45) is 5.73 Å². The molecule has 1 amide bonds. The third kappa shape index (κ3) is 2.09. The molecular formula is C14H15NO2. The molecule has 3 heteroatoms. The zero-order valence-electron chi connectivity index (χ0n) is 9.94. The van der Waals surface area contributed by atoms with E-state index >= 15 is 0 Å². The van der Waals surface area contributed by atoms with Gasteiger partial charge in [-0.05, 0) is 35.4 Å². The van der Waals surface area contributed by atoms with E-state index in [1.807, 2.05) is 43.3 Å². The Hall–Kier alpha value is -2.03. The summed E-state index contributed by atoms with van der Waals surface area (Å²) >= 11 is 0. The number of benzene rings is 2. The molecule has 2 N–H and O–H groups in total. The molecular weight excluding hydrogens is 214 g/mol. The van der Waals surface area contributed by atoms with Crippen LogP contribution in [0.15, 0.2) is 36.4 Å². The van der Waals surface area contributed by atoms with Gasteiger partial charge in [-0.15, -0.1) is 0 Å². The summed E-state index contributed by atoms with van der Waals surface area (Å²) in [5.41, 5.74) is 6.28. The predicted molar refractivity (Wildman–Crippen MR) is 68.1 cm³/mol. The summed E-state index contributed by atoms with van der Waals surface area (Å²) in [4.78, 5) is 11.3. The highest BCUT2D eigenvalue weighted by Crippen LogP contribution is 2.30. The Morgan fingerprint density at radius 2 is 2.00 bits per heavy atom. The molecule has 0 radical (unpaired) electrons. The molecule has 17 heavy (non-hydrogen) atoms. The number of carbonyl (C=O) groups is 1. The molecule has 2 aromatic carbocycles. The van der Waals surface area contributed by atoms with Crippen LogP contribution >= 0.6 is 0 Å². The fourth-order valence-corrected chi connectivity index (χ4v) is 1.94. The first-order valence-electron chi connectivity index (χ1n) is 5.49. The number of primary amides is 1. The molecule has 0 aliphatic rings. The van der Waals surface area contributed by atoms with E-state index in [1.165, 1.54) is 0 Å². The SMILES string of the molecule is COc1cc(C(C)C(N)=O)c2ccccc2c1. The largest absolute Gasteiger partial charge is 0.497 e. The van der Waals surface area contributed by atoms with Crippen LogP contribution in [0.1, 0.15) is 18.4 Å². The first kappa shape index (κ1) is 11.5. The van der Waals surface area contributed by atoms with Gasteiger partial charge < -0.3 is 10.5 Å². The van der Waals surface area contributed by atoms with E-state index in [2.05, 4.69) is 0 Å². The van der Waals surface area contributed by atoms with Crippen molar-refractivity contribution in [3.05, 3.63) is 42.0 Å². The van der Waals surface area contributed by atoms with Crippen LogP contribution in [0, 0.1) is 0 Å². The Morgan fingerprint density at radius 3 is 2.65 bits per heavy atom. The Kier molecular flexibility index (Phi) is 3.00. The lowest BCUT2D eigenvalue weighted by Crippen LogP contribution is -2.19. The second-order valence-electron chi connectivity index (χ2n) is 4.06. The number of fused-ring (bicyclic) bond motifs is 1. The molecule has 0 aliphatic heterocycles. The van der Waals surface area contributed by atoms with Crippen molar-refractivity contribution in [1.82, 2.24) is 0 Å². The van der Waals surface area contributed by atoms with E-state index in [4.69, 9.17) is 10.5 Å². The molecule has 0 saturated heterocycles. The standard InChI is InChI=1S/C14H15NO2/c1-9(14(15)16)13-8-11(17-2)7-10-5-3-4-6-12(10)13/h3-9H,1-2H3,(H2,15,16). The molecule has 2 rings (SSSR count). The van der Waals surface area contributed by atoms with Gasteiger partial charge in [-0.2, -0.15) is 0 Å². The molecule has 0 aliphatic carbocycles. The van der Waals surface area contributed by atoms with Crippen molar-refractivity contribution in [1.29, 1.82) is 0 Å². The van der Waals surface area contributed by atoms with Crippen molar-refractivity contribution in [2.75, 3.05) is 7.11 Å². The maximum Gasteiger partial charge on any atom is 0.224 e. The van der Waals surface area contributed by atoms with Gasteiger partial charge in [-0.25, -0.2) is 0 Å². The number of amides is 1. The van der Waals surface area contributed by atoms with Crippen LogP contribution in [0.25, 0.3) is 10.8 Å². The fourth-order valence-electron chi connectivity index (χ4n) is 1.94. The van der Waals surface area contributed by atoms with Crippen LogP contribution in [0.3, 0.4) is 0 Å². The first-order valence-corrected chi connectivity index (χ1v) is 5.49. The predicted octanol–water partition coefficient (Wildman–Crippen LogP) is 2.44. The quantitative estimate of drug-likeness (QED) is 0.878. The van der Waals surface area contributed by atoms with Gasteiger partial charge in [-0.1, -0.05) is 24.3 Å². The number of nitrogens with two attached hydrogens (primary N) is 1. The third-order valence-electron chi connectivity index (χ3n) is 3.00. The summed E-state index contributed by atoms with van der Waals surface area (Å²) in [5.74, 6) is 0.0882. The third-order valence-corrected chi connectivity index (χ3v) is 3.00. The second-order valence-corrected chi connectivity index (χ2v) is 4.06. The summed E-state index contributed by atoms with van der Waals surface area (Å²) in [5, 5.41) is 2.09. The molecule has 0 bridgehead atoms. The summed E-state index contributed by atoms with van der Waals surface area (Å²) in [6.45, 7) is 1.81. The number of methoxy groups -OCH3 is 1. The fraction of sp³-hybridized carbons (Fsp3) is 0.214. The van der Waals surface area contributed by atoms with Crippen LogP contribution < -0.4 is 10.5 Å². The highest BCUT2D eigenvalue weighted by molar-refractivity contribution is 5.93. The van der Waals surface area contributed by atoms with E-state index in [0.717, 1.165) is 22.1 Å². The Labute approximate surface area is 100 Å². The van der Waals surface area contributed by atoms with Gasteiger partial charge in [0.25, 0.3) is 0 Å². The van der Waals surface area contributed by atoms with Crippen LogP contribution in [0.5, 0.6) is 5.75 Å². The summed E-state index contributed by atoms with van der Waals surface area (Å²) in [6, 6.07) is 11.7. The van der Waals surface area contributed by atoms with Gasteiger partial charge in [0, 0.05) is 0 Å². The molecule has 0 heterocycles. The maximum atomic E-state index is 11.3. The van der Waals surface area contributed by atoms with Crippen molar-refractivity contribution in [3.63, 3.8) is 0 Å². The van der Waals surface area contributed by atoms with E-state index in [0.29, 0.717) is 0 Å². The summed E-state index contributed by atoms with van der Waals surface area (Å²) < 4.78 is 5.24. The summed E-state index contributed by atoms with van der Waals surface area (Å²) in [7, 11) is 1.61. The molecule has 0 aromatic heterocycles. The lowest BCUT2D eigenvalue weighted by molar-refractivity contribution is -0.119. The van der Waals surface area contributed by atoms with Crippen LogP contribution in [0.2, 0.25) is 0 Å². The highest BCUT2D eigenvalue weighted by Gasteiger charge is 2.15. The van der Waals surface area contributed by atoms with Gasteiger partial charge in [0.15, 0.2) is 0 Å². The highest BCUT2D eigenvalue weighted by atomic mass is 16.5. The number of hydrogen-bond acceptors (Lipinski definition) is 2. The van der Waals surface area contributed by atoms with E-state index in [9.17, 15) is 4.79 Å². The van der Waals surface area contributed by atoms with Crippen LogP contribution in [-0.2, 0) is 4.79 Å². The average molecular weight is 229 g/mol. The zero-order chi connectivity index (χ0) is 12.4. The van der Waals surface area contributed by atoms with Crippen molar-refractivity contribution >= 4 is 16.7 Å². The van der Waals surface area contributed by atoms with Crippen LogP contribution in [-0.4, -0.2) is 13.0 Å². The Balaban J connectivity index is 2.70. The van der Waals surface area contributed by atoms with E-state index in [-0.39, 0.29) is 11.8 Å². The second kappa shape index (κ2) is 4.45. The molecule has 1 atom stereocenters. The lowest BCUT2D eigenvalue weighted by atomic mass is 9.94. The van der Waals surface area contributed by atoms with Crippen molar-refractivity contribution in [2.45, 2.75) is 12.8 Å². The monoisotopic (exact) mass is 229 g/mol. The van der Waals surface area contributed by atoms with Gasteiger partial charge >= 0.3 is 0 Å². The van der Waals surface area contributed by atoms with E-state index in [1.54, 1.807) is 7.11 Å². The van der Waals surface area contributed by atoms with Crippen molar-refractivity contribution in [3.8, 4) is 5.75 Å². The minimum Gasteiger partial charge on any atom is -0.497 e. The molecule has 0 spiro atoms. The number of rotatable bonds is 3. The van der Waals surface area contributed by atoms with Crippen LogP contribution in [0.4, 0.5) is 0 Å². The molecule has 3 nitrogen and oxygen atoms in total.